The number of carbonyl (C=O) groups excluding carboxylic acids is 1. The molecule has 2 rings (SSSR count). The molecule has 0 saturated heterocycles. The fourth-order valence-electron chi connectivity index (χ4n) is 1.32. The third-order valence-electron chi connectivity index (χ3n) is 1.88. The van der Waals surface area contributed by atoms with E-state index in [9.17, 15) is 9.90 Å². The second-order valence-electron chi connectivity index (χ2n) is 2.71. The number of pyridine rings is 1. The second-order valence-corrected chi connectivity index (χ2v) is 2.71. The Morgan fingerprint density at radius 3 is 3.23 bits per heavy atom. The van der Waals surface area contributed by atoms with Gasteiger partial charge in [-0.05, 0) is 12.1 Å². The van der Waals surface area contributed by atoms with Crippen molar-refractivity contribution in [3.63, 3.8) is 0 Å². The topological polar surface area (TPSA) is 55.1 Å². The molecule has 13 heavy (non-hydrogen) atoms. The van der Waals surface area contributed by atoms with E-state index in [0.717, 1.165) is 6.29 Å². The average molecular weight is 176 g/mol. The highest BCUT2D eigenvalue weighted by Crippen LogP contribution is 2.24. The summed E-state index contributed by atoms with van der Waals surface area (Å²) in [7, 11) is 0. The Hall–Kier alpha value is -1.84. The van der Waals surface area contributed by atoms with E-state index in [-0.39, 0.29) is 12.3 Å². The predicted octanol–water partition coefficient (Wildman–Crippen LogP) is 0.941. The molecule has 0 amide bonds. The molecule has 0 aliphatic heterocycles. The SMILES string of the molecule is O=CCn1cc(O)c2cccnc21. The third kappa shape index (κ3) is 1.16. The van der Waals surface area contributed by atoms with Crippen molar-refractivity contribution in [1.82, 2.24) is 9.55 Å². The summed E-state index contributed by atoms with van der Waals surface area (Å²) in [6.07, 6.45) is 3.91. The summed E-state index contributed by atoms with van der Waals surface area (Å²) in [5.41, 5.74) is 0.632. The van der Waals surface area contributed by atoms with Gasteiger partial charge in [-0.1, -0.05) is 0 Å². The Balaban J connectivity index is 2.70. The fraction of sp³-hybridized carbons (Fsp3) is 0.111. The molecular formula is C9H8N2O2. The summed E-state index contributed by atoms with van der Waals surface area (Å²) >= 11 is 0. The first-order chi connectivity index (χ1) is 6.33. The number of aldehydes is 1. The van der Waals surface area contributed by atoms with Crippen molar-refractivity contribution >= 4 is 17.3 Å². The average Bonchev–Trinajstić information content (AvgIpc) is 2.46. The zero-order valence-corrected chi connectivity index (χ0v) is 6.84. The van der Waals surface area contributed by atoms with Crippen LogP contribution in [-0.2, 0) is 11.3 Å². The van der Waals surface area contributed by atoms with Crippen LogP contribution in [0.4, 0.5) is 0 Å². The number of aromatic hydroxyl groups is 1. The predicted molar refractivity (Wildman–Crippen MR) is 47.5 cm³/mol. The maximum atomic E-state index is 10.3. The second kappa shape index (κ2) is 2.90. The Kier molecular flexibility index (Phi) is 1.73. The van der Waals surface area contributed by atoms with E-state index in [1.807, 2.05) is 0 Å². The van der Waals surface area contributed by atoms with Crippen molar-refractivity contribution < 1.29 is 9.90 Å². The van der Waals surface area contributed by atoms with Crippen molar-refractivity contribution in [3.8, 4) is 5.75 Å². The van der Waals surface area contributed by atoms with Crippen LogP contribution in [0, 0.1) is 0 Å². The highest BCUT2D eigenvalue weighted by molar-refractivity contribution is 5.83. The minimum absolute atomic E-state index is 0.157. The number of hydrogen-bond donors (Lipinski definition) is 1. The van der Waals surface area contributed by atoms with Crippen molar-refractivity contribution in [1.29, 1.82) is 0 Å². The molecule has 0 spiro atoms. The van der Waals surface area contributed by atoms with Gasteiger partial charge in [0.15, 0.2) is 0 Å². The maximum Gasteiger partial charge on any atom is 0.144 e. The molecule has 0 fully saturated rings. The zero-order valence-electron chi connectivity index (χ0n) is 6.84. The quantitative estimate of drug-likeness (QED) is 0.693. The standard InChI is InChI=1S/C9H8N2O2/c12-5-4-11-6-8(13)7-2-1-3-10-9(7)11/h1-3,5-6,13H,4H2. The van der Waals surface area contributed by atoms with Crippen LogP contribution in [0.5, 0.6) is 5.75 Å². The van der Waals surface area contributed by atoms with Gasteiger partial charge in [0.25, 0.3) is 0 Å². The lowest BCUT2D eigenvalue weighted by Crippen LogP contribution is -1.97. The van der Waals surface area contributed by atoms with E-state index in [1.165, 1.54) is 6.20 Å². The fourth-order valence-corrected chi connectivity index (χ4v) is 1.32. The van der Waals surface area contributed by atoms with Gasteiger partial charge in [0.2, 0.25) is 0 Å². The summed E-state index contributed by atoms with van der Waals surface area (Å²) < 4.78 is 1.61. The van der Waals surface area contributed by atoms with Crippen molar-refractivity contribution in [3.05, 3.63) is 24.5 Å². The monoisotopic (exact) mass is 176 g/mol. The minimum Gasteiger partial charge on any atom is -0.506 e. The molecule has 0 aliphatic carbocycles. The highest BCUT2D eigenvalue weighted by atomic mass is 16.3. The van der Waals surface area contributed by atoms with E-state index < -0.39 is 0 Å². The normalized spacial score (nSPS) is 10.5. The van der Waals surface area contributed by atoms with Gasteiger partial charge in [0, 0.05) is 12.4 Å². The molecule has 2 aromatic rings. The van der Waals surface area contributed by atoms with Crippen LogP contribution in [0.1, 0.15) is 0 Å². The summed E-state index contributed by atoms with van der Waals surface area (Å²) in [6.45, 7) is 0.216. The van der Waals surface area contributed by atoms with Gasteiger partial charge in [-0.25, -0.2) is 4.98 Å². The van der Waals surface area contributed by atoms with Gasteiger partial charge in [0.1, 0.15) is 17.7 Å². The maximum absolute atomic E-state index is 10.3. The van der Waals surface area contributed by atoms with Gasteiger partial charge >= 0.3 is 0 Å². The third-order valence-corrected chi connectivity index (χ3v) is 1.88. The number of nitrogens with zero attached hydrogens (tertiary/aromatic N) is 2. The number of fused-ring (bicyclic) bond motifs is 1. The molecule has 4 nitrogen and oxygen atoms in total. The number of hydrogen-bond acceptors (Lipinski definition) is 3. The van der Waals surface area contributed by atoms with E-state index >= 15 is 0 Å². The molecule has 4 heteroatoms. The van der Waals surface area contributed by atoms with Crippen LogP contribution in [0.2, 0.25) is 0 Å². The van der Waals surface area contributed by atoms with Crippen molar-refractivity contribution in [2.24, 2.45) is 0 Å². The van der Waals surface area contributed by atoms with Crippen LogP contribution in [0.25, 0.3) is 11.0 Å². The van der Waals surface area contributed by atoms with Crippen LogP contribution < -0.4 is 0 Å². The summed E-state index contributed by atoms with van der Waals surface area (Å²) in [5, 5.41) is 10.1. The van der Waals surface area contributed by atoms with E-state index in [2.05, 4.69) is 4.98 Å². The van der Waals surface area contributed by atoms with E-state index in [1.54, 1.807) is 22.9 Å². The summed E-state index contributed by atoms with van der Waals surface area (Å²) in [5.74, 6) is 0.157. The van der Waals surface area contributed by atoms with Gasteiger partial charge in [0.05, 0.1) is 11.9 Å². The Bertz CT molecular complexity index is 448. The van der Waals surface area contributed by atoms with Crippen molar-refractivity contribution in [2.45, 2.75) is 6.54 Å². The molecule has 1 N–H and O–H groups in total. The van der Waals surface area contributed by atoms with Crippen LogP contribution in [0.3, 0.4) is 0 Å². The largest absolute Gasteiger partial charge is 0.506 e. The van der Waals surface area contributed by atoms with Crippen molar-refractivity contribution in [2.75, 3.05) is 0 Å². The van der Waals surface area contributed by atoms with E-state index in [4.69, 9.17) is 0 Å². The molecule has 0 radical (unpaired) electrons. The first-order valence-electron chi connectivity index (χ1n) is 3.89. The van der Waals surface area contributed by atoms with Gasteiger partial charge in [-0.2, -0.15) is 0 Å². The molecule has 0 unspecified atom stereocenters. The lowest BCUT2D eigenvalue weighted by atomic mass is 10.3. The summed E-state index contributed by atoms with van der Waals surface area (Å²) in [4.78, 5) is 14.4. The Morgan fingerprint density at radius 2 is 2.46 bits per heavy atom. The molecular weight excluding hydrogens is 168 g/mol. The van der Waals surface area contributed by atoms with Crippen LogP contribution in [0.15, 0.2) is 24.5 Å². The number of rotatable bonds is 2. The van der Waals surface area contributed by atoms with Gasteiger partial charge in [-0.15, -0.1) is 0 Å². The lowest BCUT2D eigenvalue weighted by Gasteiger charge is -1.95. The molecule has 0 aliphatic rings. The Morgan fingerprint density at radius 1 is 1.62 bits per heavy atom. The minimum atomic E-state index is 0.157. The molecule has 0 atom stereocenters. The van der Waals surface area contributed by atoms with Crippen LogP contribution >= 0.6 is 0 Å². The molecule has 0 bridgehead atoms. The van der Waals surface area contributed by atoms with Crippen LogP contribution in [-0.4, -0.2) is 20.9 Å². The zero-order chi connectivity index (χ0) is 9.26. The Labute approximate surface area is 74.4 Å². The number of carbonyl (C=O) groups is 1. The first kappa shape index (κ1) is 7.79. The lowest BCUT2D eigenvalue weighted by molar-refractivity contribution is -0.108. The number of aromatic nitrogens is 2. The van der Waals surface area contributed by atoms with Gasteiger partial charge in [-0.3, -0.25) is 0 Å². The smallest absolute Gasteiger partial charge is 0.144 e. The molecule has 0 saturated carbocycles. The van der Waals surface area contributed by atoms with E-state index in [0.29, 0.717) is 11.0 Å². The summed E-state index contributed by atoms with van der Waals surface area (Å²) in [6, 6.07) is 3.51. The molecule has 2 heterocycles. The molecule has 66 valence electrons. The first-order valence-corrected chi connectivity index (χ1v) is 3.89. The van der Waals surface area contributed by atoms with Gasteiger partial charge < -0.3 is 14.5 Å². The molecule has 0 aromatic carbocycles. The molecule has 2 aromatic heterocycles. The highest BCUT2D eigenvalue weighted by Gasteiger charge is 2.06.